The molecule has 2 atom stereocenters. The van der Waals surface area contributed by atoms with Crippen LogP contribution in [0.2, 0.25) is 0 Å². The van der Waals surface area contributed by atoms with Crippen LogP contribution in [0.3, 0.4) is 0 Å². The second-order valence-electron chi connectivity index (χ2n) is 4.93. The zero-order valence-electron chi connectivity index (χ0n) is 12.5. The van der Waals surface area contributed by atoms with Gasteiger partial charge in [0.2, 0.25) is 0 Å². The Morgan fingerprint density at radius 3 is 2.10 bits per heavy atom. The molecule has 0 aromatic carbocycles. The van der Waals surface area contributed by atoms with Crippen molar-refractivity contribution >= 4 is 7.82 Å². The number of aliphatic hydroxyl groups excluding tert-OH is 1. The Bertz CT molecular complexity index is 268. The molecule has 3 N–H and O–H groups in total. The molecular weight excluding hydrogens is 283 g/mol. The highest BCUT2D eigenvalue weighted by Gasteiger charge is 2.29. The highest BCUT2D eigenvalue weighted by molar-refractivity contribution is 7.46. The SMILES string of the molecule is CCCCCO[C@@H](CO)C(CCCCC)OP(=O)(O)O. The van der Waals surface area contributed by atoms with Crippen LogP contribution in [0.4, 0.5) is 0 Å². The molecule has 0 saturated heterocycles. The minimum atomic E-state index is -4.57. The van der Waals surface area contributed by atoms with E-state index < -0.39 is 20.0 Å². The second kappa shape index (κ2) is 11.7. The number of aliphatic hydroxyl groups is 1. The van der Waals surface area contributed by atoms with Crippen molar-refractivity contribution in [1.82, 2.24) is 0 Å². The summed E-state index contributed by atoms with van der Waals surface area (Å²) in [4.78, 5) is 17.9. The number of hydrogen-bond acceptors (Lipinski definition) is 4. The van der Waals surface area contributed by atoms with E-state index in [-0.39, 0.29) is 6.61 Å². The smallest absolute Gasteiger partial charge is 0.394 e. The van der Waals surface area contributed by atoms with Gasteiger partial charge < -0.3 is 19.6 Å². The summed E-state index contributed by atoms with van der Waals surface area (Å²) in [6, 6.07) is 0. The average Bonchev–Trinajstić information content (AvgIpc) is 2.37. The van der Waals surface area contributed by atoms with Gasteiger partial charge in [-0.1, -0.05) is 46.0 Å². The molecule has 0 amide bonds. The van der Waals surface area contributed by atoms with Gasteiger partial charge in [-0.05, 0) is 12.8 Å². The summed E-state index contributed by atoms with van der Waals surface area (Å²) in [7, 11) is -4.57. The first-order chi connectivity index (χ1) is 9.44. The molecule has 0 fully saturated rings. The third-order valence-electron chi connectivity index (χ3n) is 3.04. The van der Waals surface area contributed by atoms with Gasteiger partial charge in [0.15, 0.2) is 0 Å². The fraction of sp³-hybridized carbons (Fsp3) is 1.00. The first kappa shape index (κ1) is 20.0. The minimum Gasteiger partial charge on any atom is -0.394 e. The molecule has 122 valence electrons. The predicted octanol–water partition coefficient (Wildman–Crippen LogP) is 2.61. The van der Waals surface area contributed by atoms with E-state index in [1.165, 1.54) is 0 Å². The van der Waals surface area contributed by atoms with Gasteiger partial charge in [0.25, 0.3) is 0 Å². The van der Waals surface area contributed by atoms with E-state index >= 15 is 0 Å². The van der Waals surface area contributed by atoms with E-state index in [2.05, 4.69) is 6.92 Å². The monoisotopic (exact) mass is 312 g/mol. The Balaban J connectivity index is 4.38. The second-order valence-corrected chi connectivity index (χ2v) is 6.12. The third kappa shape index (κ3) is 10.8. The summed E-state index contributed by atoms with van der Waals surface area (Å²) in [5, 5.41) is 9.35. The van der Waals surface area contributed by atoms with Crippen molar-refractivity contribution in [2.45, 2.75) is 71.0 Å². The molecule has 0 heterocycles. The number of ether oxygens (including phenoxy) is 1. The fourth-order valence-corrected chi connectivity index (χ4v) is 2.54. The molecule has 0 aliphatic heterocycles. The summed E-state index contributed by atoms with van der Waals surface area (Å²) in [5.74, 6) is 0. The number of unbranched alkanes of at least 4 members (excludes halogenated alkanes) is 4. The zero-order valence-corrected chi connectivity index (χ0v) is 13.4. The van der Waals surface area contributed by atoms with Crippen LogP contribution in [0.5, 0.6) is 0 Å². The third-order valence-corrected chi connectivity index (χ3v) is 3.58. The number of rotatable bonds is 13. The Hall–Kier alpha value is 0.0300. The summed E-state index contributed by atoms with van der Waals surface area (Å²) in [6.07, 6.45) is 4.71. The van der Waals surface area contributed by atoms with Crippen LogP contribution in [0.1, 0.15) is 58.8 Å². The van der Waals surface area contributed by atoms with Gasteiger partial charge in [-0.25, -0.2) is 4.57 Å². The van der Waals surface area contributed by atoms with Gasteiger partial charge in [-0.3, -0.25) is 4.52 Å². The molecule has 7 heteroatoms. The van der Waals surface area contributed by atoms with Crippen LogP contribution < -0.4 is 0 Å². The maximum atomic E-state index is 11.0. The molecular formula is C13H29O6P. The summed E-state index contributed by atoms with van der Waals surface area (Å²) in [5.41, 5.74) is 0. The maximum Gasteiger partial charge on any atom is 0.469 e. The lowest BCUT2D eigenvalue weighted by Gasteiger charge is -2.26. The van der Waals surface area contributed by atoms with E-state index in [0.717, 1.165) is 38.5 Å². The Morgan fingerprint density at radius 1 is 1.00 bits per heavy atom. The van der Waals surface area contributed by atoms with Crippen LogP contribution in [-0.2, 0) is 13.8 Å². The van der Waals surface area contributed by atoms with Crippen molar-refractivity contribution in [1.29, 1.82) is 0 Å². The number of phosphoric acid groups is 1. The van der Waals surface area contributed by atoms with Crippen LogP contribution in [0, 0.1) is 0 Å². The van der Waals surface area contributed by atoms with Gasteiger partial charge in [-0.15, -0.1) is 0 Å². The van der Waals surface area contributed by atoms with Crippen molar-refractivity contribution in [2.24, 2.45) is 0 Å². The molecule has 0 aliphatic rings. The van der Waals surface area contributed by atoms with Crippen molar-refractivity contribution in [2.75, 3.05) is 13.2 Å². The van der Waals surface area contributed by atoms with E-state index in [1.807, 2.05) is 6.92 Å². The van der Waals surface area contributed by atoms with E-state index in [1.54, 1.807) is 0 Å². The summed E-state index contributed by atoms with van der Waals surface area (Å²) < 4.78 is 21.3. The number of hydrogen-bond donors (Lipinski definition) is 3. The van der Waals surface area contributed by atoms with E-state index in [9.17, 15) is 9.67 Å². The van der Waals surface area contributed by atoms with Crippen molar-refractivity contribution in [3.63, 3.8) is 0 Å². The number of phosphoric ester groups is 1. The molecule has 0 aliphatic carbocycles. The quantitative estimate of drug-likeness (QED) is 0.357. The normalized spacial score (nSPS) is 15.2. The first-order valence-corrected chi connectivity index (χ1v) is 8.94. The molecule has 0 aromatic heterocycles. The lowest BCUT2D eigenvalue weighted by atomic mass is 10.1. The largest absolute Gasteiger partial charge is 0.469 e. The minimum absolute atomic E-state index is 0.303. The molecule has 1 unspecified atom stereocenters. The molecule has 0 aromatic rings. The molecule has 6 nitrogen and oxygen atoms in total. The zero-order chi connectivity index (χ0) is 15.4. The topological polar surface area (TPSA) is 96.2 Å². The Kier molecular flexibility index (Phi) is 11.7. The van der Waals surface area contributed by atoms with Crippen LogP contribution in [-0.4, -0.2) is 40.3 Å². The van der Waals surface area contributed by atoms with Crippen molar-refractivity contribution < 1.29 is 28.7 Å². The van der Waals surface area contributed by atoms with E-state index in [0.29, 0.717) is 13.0 Å². The molecule has 0 radical (unpaired) electrons. The molecule has 0 bridgehead atoms. The van der Waals surface area contributed by atoms with Gasteiger partial charge >= 0.3 is 7.82 Å². The summed E-state index contributed by atoms with van der Waals surface area (Å²) in [6.45, 7) is 4.29. The Morgan fingerprint density at radius 2 is 1.60 bits per heavy atom. The molecule has 0 rings (SSSR count). The Labute approximate surface area is 121 Å². The lowest BCUT2D eigenvalue weighted by molar-refractivity contribution is -0.0646. The van der Waals surface area contributed by atoms with Crippen molar-refractivity contribution in [3.8, 4) is 0 Å². The average molecular weight is 312 g/mol. The highest BCUT2D eigenvalue weighted by atomic mass is 31.2. The molecule has 0 saturated carbocycles. The van der Waals surface area contributed by atoms with E-state index in [4.69, 9.17) is 19.0 Å². The summed E-state index contributed by atoms with van der Waals surface area (Å²) >= 11 is 0. The van der Waals surface area contributed by atoms with Crippen LogP contribution >= 0.6 is 7.82 Å². The van der Waals surface area contributed by atoms with Crippen molar-refractivity contribution in [3.05, 3.63) is 0 Å². The van der Waals surface area contributed by atoms with Gasteiger partial charge in [0.05, 0.1) is 12.7 Å². The highest BCUT2D eigenvalue weighted by Crippen LogP contribution is 2.39. The van der Waals surface area contributed by atoms with Gasteiger partial charge in [0, 0.05) is 6.61 Å². The molecule has 0 spiro atoms. The van der Waals surface area contributed by atoms with Crippen LogP contribution in [0.15, 0.2) is 0 Å². The van der Waals surface area contributed by atoms with Gasteiger partial charge in [0.1, 0.15) is 6.10 Å². The lowest BCUT2D eigenvalue weighted by Crippen LogP contribution is -2.34. The van der Waals surface area contributed by atoms with Crippen LogP contribution in [0.25, 0.3) is 0 Å². The fourth-order valence-electron chi connectivity index (χ4n) is 1.94. The molecule has 20 heavy (non-hydrogen) atoms. The standard InChI is InChI=1S/C13H29O6P/c1-3-5-7-9-12(19-20(15,16)17)13(11-14)18-10-8-6-4-2/h12-14H,3-11H2,1-2H3,(H2,15,16,17)/t12?,13-/m0/s1. The maximum absolute atomic E-state index is 11.0. The predicted molar refractivity (Wildman–Crippen MR) is 77.4 cm³/mol. The van der Waals surface area contributed by atoms with Gasteiger partial charge in [-0.2, -0.15) is 0 Å². The first-order valence-electron chi connectivity index (χ1n) is 7.41.